The van der Waals surface area contributed by atoms with Crippen molar-refractivity contribution in [2.45, 2.75) is 20.3 Å². The molecule has 0 aliphatic carbocycles. The van der Waals surface area contributed by atoms with Crippen LogP contribution in [0.5, 0.6) is 0 Å². The fourth-order valence-corrected chi connectivity index (χ4v) is 1.56. The van der Waals surface area contributed by atoms with E-state index >= 15 is 0 Å². The monoisotopic (exact) mass is 184 g/mol. The number of rotatable bonds is 2. The summed E-state index contributed by atoms with van der Waals surface area (Å²) in [5.74, 6) is 0. The first-order valence-electron chi connectivity index (χ1n) is 4.02. The van der Waals surface area contributed by atoms with Crippen molar-refractivity contribution in [3.05, 3.63) is 33.8 Å². The molecule has 0 bridgehead atoms. The summed E-state index contributed by atoms with van der Waals surface area (Å²) in [6.07, 6.45) is 0.645. The third kappa shape index (κ3) is 1.79. The van der Waals surface area contributed by atoms with E-state index in [0.29, 0.717) is 6.42 Å². The van der Waals surface area contributed by atoms with E-state index in [2.05, 4.69) is 0 Å². The van der Waals surface area contributed by atoms with Crippen LogP contribution in [-0.2, 0) is 6.42 Å². The lowest BCUT2D eigenvalue weighted by atomic mass is 10.0. The van der Waals surface area contributed by atoms with Gasteiger partial charge in [0.25, 0.3) is 0 Å². The van der Waals surface area contributed by atoms with Crippen LogP contribution in [0.1, 0.15) is 16.7 Å². The number of aliphatic hydroxyl groups is 1. The van der Waals surface area contributed by atoms with Crippen molar-refractivity contribution in [1.82, 2.24) is 0 Å². The molecule has 0 unspecified atom stereocenters. The maximum atomic E-state index is 8.80. The van der Waals surface area contributed by atoms with Crippen LogP contribution >= 0.6 is 11.6 Å². The molecule has 0 saturated heterocycles. The first kappa shape index (κ1) is 9.56. The quantitative estimate of drug-likeness (QED) is 0.749. The van der Waals surface area contributed by atoms with E-state index in [4.69, 9.17) is 16.7 Å². The molecule has 0 fully saturated rings. The van der Waals surface area contributed by atoms with E-state index < -0.39 is 0 Å². The largest absolute Gasteiger partial charge is 0.396 e. The smallest absolute Gasteiger partial charge is 0.0472 e. The molecule has 0 aromatic heterocycles. The maximum Gasteiger partial charge on any atom is 0.0472 e. The minimum Gasteiger partial charge on any atom is -0.396 e. The SMILES string of the molecule is Cc1ccc(Cl)c(CCO)c1C. The van der Waals surface area contributed by atoms with E-state index in [1.165, 1.54) is 11.1 Å². The summed E-state index contributed by atoms with van der Waals surface area (Å²) in [6, 6.07) is 3.88. The van der Waals surface area contributed by atoms with Crippen LogP contribution in [0.25, 0.3) is 0 Å². The van der Waals surface area contributed by atoms with Crippen LogP contribution in [0.15, 0.2) is 12.1 Å². The predicted octanol–water partition coefficient (Wildman–Crippen LogP) is 2.49. The van der Waals surface area contributed by atoms with Gasteiger partial charge in [0.05, 0.1) is 0 Å². The highest BCUT2D eigenvalue weighted by Gasteiger charge is 2.04. The van der Waals surface area contributed by atoms with Crippen LogP contribution in [0.2, 0.25) is 5.02 Å². The van der Waals surface area contributed by atoms with Crippen LogP contribution in [0.4, 0.5) is 0 Å². The number of hydrogen-bond donors (Lipinski definition) is 1. The highest BCUT2D eigenvalue weighted by Crippen LogP contribution is 2.22. The van der Waals surface area contributed by atoms with Crippen LogP contribution in [0.3, 0.4) is 0 Å². The second-order valence-corrected chi connectivity index (χ2v) is 3.35. The standard InChI is InChI=1S/C10H13ClO/c1-7-3-4-10(11)9(5-6-12)8(7)2/h3-4,12H,5-6H2,1-2H3. The molecule has 1 rings (SSSR count). The number of aryl methyl sites for hydroxylation is 1. The summed E-state index contributed by atoms with van der Waals surface area (Å²) in [5, 5.41) is 9.56. The highest BCUT2D eigenvalue weighted by molar-refractivity contribution is 6.31. The van der Waals surface area contributed by atoms with E-state index in [-0.39, 0.29) is 6.61 Å². The molecule has 2 heteroatoms. The zero-order valence-corrected chi connectivity index (χ0v) is 8.15. The van der Waals surface area contributed by atoms with E-state index in [0.717, 1.165) is 10.6 Å². The van der Waals surface area contributed by atoms with Gasteiger partial charge in [0, 0.05) is 11.6 Å². The second-order valence-electron chi connectivity index (χ2n) is 2.94. The fraction of sp³-hybridized carbons (Fsp3) is 0.400. The van der Waals surface area contributed by atoms with Gasteiger partial charge in [-0.2, -0.15) is 0 Å². The molecule has 0 heterocycles. The zero-order chi connectivity index (χ0) is 9.14. The lowest BCUT2D eigenvalue weighted by Gasteiger charge is -2.08. The van der Waals surface area contributed by atoms with Crippen molar-refractivity contribution in [3.8, 4) is 0 Å². The van der Waals surface area contributed by atoms with E-state index in [9.17, 15) is 0 Å². The van der Waals surface area contributed by atoms with Gasteiger partial charge in [-0.1, -0.05) is 17.7 Å². The van der Waals surface area contributed by atoms with E-state index in [1.807, 2.05) is 26.0 Å². The third-order valence-corrected chi connectivity index (χ3v) is 2.53. The first-order chi connectivity index (χ1) is 5.66. The minimum absolute atomic E-state index is 0.157. The molecule has 0 aliphatic rings. The first-order valence-corrected chi connectivity index (χ1v) is 4.40. The van der Waals surface area contributed by atoms with Crippen molar-refractivity contribution in [2.24, 2.45) is 0 Å². The van der Waals surface area contributed by atoms with Crippen LogP contribution < -0.4 is 0 Å². The van der Waals surface area contributed by atoms with Gasteiger partial charge in [-0.25, -0.2) is 0 Å². The summed E-state index contributed by atoms with van der Waals surface area (Å²) < 4.78 is 0. The molecule has 66 valence electrons. The average Bonchev–Trinajstić information content (AvgIpc) is 2.06. The van der Waals surface area contributed by atoms with Gasteiger partial charge in [-0.15, -0.1) is 0 Å². The maximum absolute atomic E-state index is 8.80. The molecule has 0 spiro atoms. The molecule has 0 amide bonds. The summed E-state index contributed by atoms with van der Waals surface area (Å²) in [7, 11) is 0. The van der Waals surface area contributed by atoms with Crippen molar-refractivity contribution in [3.63, 3.8) is 0 Å². The Kier molecular flexibility index (Phi) is 3.12. The van der Waals surface area contributed by atoms with Crippen molar-refractivity contribution in [1.29, 1.82) is 0 Å². The van der Waals surface area contributed by atoms with Crippen LogP contribution in [-0.4, -0.2) is 11.7 Å². The molecule has 0 atom stereocenters. The Morgan fingerprint density at radius 1 is 1.33 bits per heavy atom. The zero-order valence-electron chi connectivity index (χ0n) is 7.39. The Bertz CT molecular complexity index is 281. The molecule has 1 N–H and O–H groups in total. The molecule has 12 heavy (non-hydrogen) atoms. The van der Waals surface area contributed by atoms with E-state index in [1.54, 1.807) is 0 Å². The average molecular weight is 185 g/mol. The Morgan fingerprint density at radius 2 is 2.00 bits per heavy atom. The van der Waals surface area contributed by atoms with Crippen LogP contribution in [0, 0.1) is 13.8 Å². The van der Waals surface area contributed by atoms with Gasteiger partial charge in [0.1, 0.15) is 0 Å². The summed E-state index contributed by atoms with van der Waals surface area (Å²) in [4.78, 5) is 0. The predicted molar refractivity (Wildman–Crippen MR) is 51.7 cm³/mol. The molecule has 1 aromatic rings. The van der Waals surface area contributed by atoms with Gasteiger partial charge < -0.3 is 5.11 Å². The third-order valence-electron chi connectivity index (χ3n) is 2.17. The molecule has 0 saturated carbocycles. The summed E-state index contributed by atoms with van der Waals surface area (Å²) in [5.41, 5.74) is 3.48. The lowest BCUT2D eigenvalue weighted by molar-refractivity contribution is 0.299. The molecule has 0 radical (unpaired) electrons. The molecule has 1 aromatic carbocycles. The Labute approximate surface area is 78.0 Å². The molecular weight excluding hydrogens is 172 g/mol. The molecular formula is C10H13ClO. The summed E-state index contributed by atoms with van der Waals surface area (Å²) in [6.45, 7) is 4.24. The highest BCUT2D eigenvalue weighted by atomic mass is 35.5. The number of hydrogen-bond acceptors (Lipinski definition) is 1. The minimum atomic E-state index is 0.157. The second kappa shape index (κ2) is 3.92. The number of halogens is 1. The Hall–Kier alpha value is -0.530. The van der Waals surface area contributed by atoms with Gasteiger partial charge >= 0.3 is 0 Å². The Morgan fingerprint density at radius 3 is 2.58 bits per heavy atom. The number of aliphatic hydroxyl groups excluding tert-OH is 1. The normalized spacial score (nSPS) is 10.3. The van der Waals surface area contributed by atoms with Crippen molar-refractivity contribution in [2.75, 3.05) is 6.61 Å². The van der Waals surface area contributed by atoms with Gasteiger partial charge in [-0.05, 0) is 43.0 Å². The molecule has 0 aliphatic heterocycles. The summed E-state index contributed by atoms with van der Waals surface area (Å²) >= 11 is 5.97. The van der Waals surface area contributed by atoms with Gasteiger partial charge in [0.15, 0.2) is 0 Å². The number of benzene rings is 1. The topological polar surface area (TPSA) is 20.2 Å². The van der Waals surface area contributed by atoms with Gasteiger partial charge in [-0.3, -0.25) is 0 Å². The molecule has 1 nitrogen and oxygen atoms in total. The van der Waals surface area contributed by atoms with Crippen molar-refractivity contribution < 1.29 is 5.11 Å². The van der Waals surface area contributed by atoms with Crippen molar-refractivity contribution >= 4 is 11.6 Å². The van der Waals surface area contributed by atoms with Gasteiger partial charge in [0.2, 0.25) is 0 Å². The lowest BCUT2D eigenvalue weighted by Crippen LogP contribution is -1.97. The Balaban J connectivity index is 3.14. The fourth-order valence-electron chi connectivity index (χ4n) is 1.26.